The summed E-state index contributed by atoms with van der Waals surface area (Å²) < 4.78 is 0. The molecule has 0 saturated carbocycles. The van der Waals surface area contributed by atoms with Gasteiger partial charge in [0, 0.05) is 20.1 Å². The molecule has 1 N–H and O–H groups in total. The van der Waals surface area contributed by atoms with Crippen LogP contribution in [-0.4, -0.2) is 60.4 Å². The lowest BCUT2D eigenvalue weighted by atomic mass is 9.89. The number of piperidine rings is 1. The van der Waals surface area contributed by atoms with Crippen LogP contribution in [0.4, 0.5) is 0 Å². The largest absolute Gasteiger partial charge is 0.344 e. The van der Waals surface area contributed by atoms with Crippen molar-refractivity contribution in [2.75, 3.05) is 33.2 Å². The Hall–Kier alpha value is -1.10. The first-order valence-electron chi connectivity index (χ1n) is 6.81. The van der Waals surface area contributed by atoms with Gasteiger partial charge in [0.1, 0.15) is 0 Å². The van der Waals surface area contributed by atoms with Crippen LogP contribution in [0.25, 0.3) is 0 Å². The Balaban J connectivity index is 2.05. The van der Waals surface area contributed by atoms with Gasteiger partial charge in [0.2, 0.25) is 11.8 Å². The first-order valence-corrected chi connectivity index (χ1v) is 6.81. The molecular formula is C13H23N3O2. The van der Waals surface area contributed by atoms with E-state index in [0.717, 1.165) is 38.8 Å². The minimum atomic E-state index is -0.471. The Bertz CT molecular complexity index is 337. The molecule has 0 radical (unpaired) electrons. The number of hydrogen-bond acceptors (Lipinski definition) is 3. The van der Waals surface area contributed by atoms with E-state index in [0.29, 0.717) is 6.54 Å². The summed E-state index contributed by atoms with van der Waals surface area (Å²) in [6.45, 7) is 4.52. The molecule has 5 nitrogen and oxygen atoms in total. The molecule has 0 aliphatic carbocycles. The number of likely N-dealkylation sites (N-methyl/N-ethyl adjacent to an activating group) is 1. The molecule has 0 aromatic rings. The molecule has 2 aliphatic heterocycles. The van der Waals surface area contributed by atoms with Crippen LogP contribution >= 0.6 is 0 Å². The fourth-order valence-electron chi connectivity index (χ4n) is 2.75. The zero-order chi connectivity index (χ0) is 13.2. The summed E-state index contributed by atoms with van der Waals surface area (Å²) >= 11 is 0. The molecule has 0 aromatic heterocycles. The zero-order valence-corrected chi connectivity index (χ0v) is 11.4. The predicted molar refractivity (Wildman–Crippen MR) is 69.1 cm³/mol. The van der Waals surface area contributed by atoms with E-state index < -0.39 is 5.54 Å². The highest BCUT2D eigenvalue weighted by Crippen LogP contribution is 2.22. The number of amides is 2. The van der Waals surface area contributed by atoms with Gasteiger partial charge >= 0.3 is 0 Å². The zero-order valence-electron chi connectivity index (χ0n) is 11.4. The van der Waals surface area contributed by atoms with Gasteiger partial charge < -0.3 is 15.1 Å². The third kappa shape index (κ3) is 2.66. The molecule has 2 saturated heterocycles. The molecule has 5 heteroatoms. The highest BCUT2D eigenvalue weighted by atomic mass is 16.2. The maximum absolute atomic E-state index is 12.6. The van der Waals surface area contributed by atoms with Crippen molar-refractivity contribution < 1.29 is 9.59 Å². The molecule has 1 unspecified atom stereocenters. The fourth-order valence-corrected chi connectivity index (χ4v) is 2.75. The van der Waals surface area contributed by atoms with Crippen molar-refractivity contribution in [3.8, 4) is 0 Å². The van der Waals surface area contributed by atoms with E-state index in [2.05, 4.69) is 5.32 Å². The van der Waals surface area contributed by atoms with E-state index in [9.17, 15) is 9.59 Å². The lowest BCUT2D eigenvalue weighted by Gasteiger charge is -2.37. The van der Waals surface area contributed by atoms with Crippen LogP contribution in [0.3, 0.4) is 0 Å². The molecular weight excluding hydrogens is 230 g/mol. The molecule has 2 aliphatic rings. The minimum absolute atomic E-state index is 0.0419. The fraction of sp³-hybridized carbons (Fsp3) is 0.846. The van der Waals surface area contributed by atoms with Gasteiger partial charge in [-0.25, -0.2) is 0 Å². The van der Waals surface area contributed by atoms with Gasteiger partial charge in [-0.2, -0.15) is 0 Å². The number of nitrogens with one attached hydrogen (secondary N) is 1. The summed E-state index contributed by atoms with van der Waals surface area (Å²) in [7, 11) is 1.80. The van der Waals surface area contributed by atoms with Gasteiger partial charge in [-0.3, -0.25) is 9.59 Å². The first kappa shape index (κ1) is 13.3. The molecule has 18 heavy (non-hydrogen) atoms. The lowest BCUT2D eigenvalue weighted by molar-refractivity contribution is -0.143. The monoisotopic (exact) mass is 253 g/mol. The lowest BCUT2D eigenvalue weighted by Crippen LogP contribution is -2.58. The number of rotatable bonds is 1. The maximum Gasteiger partial charge on any atom is 0.243 e. The summed E-state index contributed by atoms with van der Waals surface area (Å²) in [5.41, 5.74) is -0.471. The summed E-state index contributed by atoms with van der Waals surface area (Å²) in [5.74, 6) is 0.131. The molecule has 2 heterocycles. The first-order chi connectivity index (χ1) is 8.53. The summed E-state index contributed by atoms with van der Waals surface area (Å²) in [4.78, 5) is 27.8. The molecule has 2 rings (SSSR count). The van der Waals surface area contributed by atoms with Crippen molar-refractivity contribution in [1.82, 2.24) is 15.1 Å². The van der Waals surface area contributed by atoms with Crippen LogP contribution in [0.5, 0.6) is 0 Å². The van der Waals surface area contributed by atoms with Crippen molar-refractivity contribution in [2.45, 2.75) is 38.1 Å². The predicted octanol–water partition coefficient (Wildman–Crippen LogP) is 0.209. The molecule has 2 amide bonds. The molecule has 2 fully saturated rings. The maximum atomic E-state index is 12.6. The molecule has 1 atom stereocenters. The minimum Gasteiger partial charge on any atom is -0.344 e. The van der Waals surface area contributed by atoms with Gasteiger partial charge in [-0.05, 0) is 39.2 Å². The number of carbonyl (C=O) groups is 2. The summed E-state index contributed by atoms with van der Waals surface area (Å²) in [5, 5.41) is 3.32. The quantitative estimate of drug-likeness (QED) is 0.727. The Morgan fingerprint density at radius 2 is 2.06 bits per heavy atom. The number of hydrogen-bond donors (Lipinski definition) is 1. The number of carbonyl (C=O) groups excluding carboxylic acids is 2. The summed E-state index contributed by atoms with van der Waals surface area (Å²) in [6.07, 6.45) is 3.94. The standard InChI is InChI=1S/C13H23N3O2/c1-13(6-3-4-7-14-13)12(18)16-9-5-8-15(2)11(17)10-16/h14H,3-10H2,1-2H3. The van der Waals surface area contributed by atoms with Gasteiger partial charge in [0.15, 0.2) is 0 Å². The van der Waals surface area contributed by atoms with Gasteiger partial charge in [-0.1, -0.05) is 0 Å². The van der Waals surface area contributed by atoms with E-state index >= 15 is 0 Å². The Morgan fingerprint density at radius 1 is 1.28 bits per heavy atom. The second-order valence-electron chi connectivity index (χ2n) is 5.61. The van der Waals surface area contributed by atoms with Crippen LogP contribution in [-0.2, 0) is 9.59 Å². The van der Waals surface area contributed by atoms with Crippen molar-refractivity contribution in [1.29, 1.82) is 0 Å². The highest BCUT2D eigenvalue weighted by molar-refractivity contribution is 5.90. The van der Waals surface area contributed by atoms with Crippen LogP contribution in [0.1, 0.15) is 32.6 Å². The average molecular weight is 253 g/mol. The third-order valence-corrected chi connectivity index (χ3v) is 4.05. The van der Waals surface area contributed by atoms with Crippen LogP contribution < -0.4 is 5.32 Å². The molecule has 0 bridgehead atoms. The third-order valence-electron chi connectivity index (χ3n) is 4.05. The van der Waals surface area contributed by atoms with E-state index in [4.69, 9.17) is 0 Å². The van der Waals surface area contributed by atoms with Gasteiger partial charge in [0.05, 0.1) is 12.1 Å². The van der Waals surface area contributed by atoms with Crippen molar-refractivity contribution >= 4 is 11.8 Å². The van der Waals surface area contributed by atoms with Crippen LogP contribution in [0.15, 0.2) is 0 Å². The van der Waals surface area contributed by atoms with Crippen molar-refractivity contribution in [2.24, 2.45) is 0 Å². The molecule has 0 aromatic carbocycles. The Morgan fingerprint density at radius 3 is 2.72 bits per heavy atom. The van der Waals surface area contributed by atoms with Gasteiger partial charge in [-0.15, -0.1) is 0 Å². The second-order valence-corrected chi connectivity index (χ2v) is 5.61. The Labute approximate surface area is 108 Å². The van der Waals surface area contributed by atoms with E-state index in [1.54, 1.807) is 16.8 Å². The molecule has 102 valence electrons. The van der Waals surface area contributed by atoms with Crippen LogP contribution in [0, 0.1) is 0 Å². The van der Waals surface area contributed by atoms with E-state index in [-0.39, 0.29) is 18.4 Å². The Kier molecular flexibility index (Phi) is 3.90. The van der Waals surface area contributed by atoms with Crippen molar-refractivity contribution in [3.05, 3.63) is 0 Å². The SMILES string of the molecule is CN1CCCN(C(=O)C2(C)CCCCN2)CC1=O. The topological polar surface area (TPSA) is 52.6 Å². The molecule has 0 spiro atoms. The van der Waals surface area contributed by atoms with Crippen LogP contribution in [0.2, 0.25) is 0 Å². The highest BCUT2D eigenvalue weighted by Gasteiger charge is 2.38. The van der Waals surface area contributed by atoms with Gasteiger partial charge in [0.25, 0.3) is 0 Å². The van der Waals surface area contributed by atoms with Crippen molar-refractivity contribution in [3.63, 3.8) is 0 Å². The number of nitrogens with zero attached hydrogens (tertiary/aromatic N) is 2. The average Bonchev–Trinajstić information content (AvgIpc) is 2.52. The smallest absolute Gasteiger partial charge is 0.243 e. The summed E-state index contributed by atoms with van der Waals surface area (Å²) in [6, 6.07) is 0. The van der Waals surface area contributed by atoms with E-state index in [1.165, 1.54) is 0 Å². The normalized spacial score (nSPS) is 30.2. The second kappa shape index (κ2) is 5.26. The van der Waals surface area contributed by atoms with E-state index in [1.807, 2.05) is 6.92 Å².